The highest BCUT2D eigenvalue weighted by Gasteiger charge is 2.32. The van der Waals surface area contributed by atoms with Crippen LogP contribution in [0, 0.1) is 0 Å². The molecule has 0 saturated carbocycles. The molecule has 2 aromatic rings. The van der Waals surface area contributed by atoms with Crippen molar-refractivity contribution in [1.82, 2.24) is 5.32 Å². The highest BCUT2D eigenvalue weighted by molar-refractivity contribution is 6.34. The molecule has 26 heavy (non-hydrogen) atoms. The molecule has 0 atom stereocenters. The van der Waals surface area contributed by atoms with Crippen LogP contribution in [0.25, 0.3) is 0 Å². The predicted molar refractivity (Wildman–Crippen MR) is 105 cm³/mol. The Balaban J connectivity index is 2.16. The Morgan fingerprint density at radius 3 is 2.42 bits per heavy atom. The van der Waals surface area contributed by atoms with Gasteiger partial charge in [-0.1, -0.05) is 29.8 Å². The molecule has 5 nitrogen and oxygen atoms in total. The van der Waals surface area contributed by atoms with E-state index in [1.807, 2.05) is 51.1 Å². The normalized spacial score (nSPS) is 16.2. The molecular weight excluding hydrogens is 350 g/mol. The molecule has 2 amide bonds. The number of nitrogens with zero attached hydrogens (tertiary/aromatic N) is 1. The summed E-state index contributed by atoms with van der Waals surface area (Å²) in [4.78, 5) is 27.4. The van der Waals surface area contributed by atoms with Crippen molar-refractivity contribution in [3.05, 3.63) is 65.3 Å². The van der Waals surface area contributed by atoms with Crippen LogP contribution in [0.4, 0.5) is 17.1 Å². The summed E-state index contributed by atoms with van der Waals surface area (Å²) in [5.41, 5.74) is 1.44. The van der Waals surface area contributed by atoms with E-state index >= 15 is 0 Å². The lowest BCUT2D eigenvalue weighted by atomic mass is 10.1. The smallest absolute Gasteiger partial charge is 0.269 e. The third-order valence-electron chi connectivity index (χ3n) is 3.79. The molecule has 0 fully saturated rings. The van der Waals surface area contributed by atoms with Crippen molar-refractivity contribution < 1.29 is 9.59 Å². The number of fused-ring (bicyclic) bond motifs is 1. The molecule has 0 aromatic heterocycles. The Labute approximate surface area is 157 Å². The van der Waals surface area contributed by atoms with Gasteiger partial charge in [-0.05, 0) is 51.1 Å². The summed E-state index contributed by atoms with van der Waals surface area (Å²) in [5.74, 6) is -0.889. The van der Waals surface area contributed by atoms with Gasteiger partial charge < -0.3 is 10.6 Å². The van der Waals surface area contributed by atoms with Crippen LogP contribution in [-0.4, -0.2) is 17.4 Å². The van der Waals surface area contributed by atoms with Crippen molar-refractivity contribution in [3.63, 3.8) is 0 Å². The van der Waals surface area contributed by atoms with Crippen LogP contribution in [0.2, 0.25) is 5.02 Å². The van der Waals surface area contributed by atoms with Gasteiger partial charge in [0.05, 0.1) is 11.4 Å². The van der Waals surface area contributed by atoms with E-state index < -0.39 is 11.8 Å². The van der Waals surface area contributed by atoms with Crippen LogP contribution >= 0.6 is 11.6 Å². The van der Waals surface area contributed by atoms with E-state index in [2.05, 4.69) is 10.6 Å². The molecule has 0 aliphatic carbocycles. The summed E-state index contributed by atoms with van der Waals surface area (Å²) < 4.78 is 0. The Hall–Kier alpha value is -2.79. The number of para-hydroxylation sites is 1. The standard InChI is InChI=1S/C20H20ClN3O2/c1-20(2,3)22-12-15-18(25)23-16-10-9-13(21)11-17(16)24(19(15)26)14-7-5-4-6-8-14/h4-12,22H,1-3H3,(H,23,25). The second-order valence-corrected chi connectivity index (χ2v) is 7.48. The Kier molecular flexibility index (Phi) is 4.74. The number of hydrogen-bond donors (Lipinski definition) is 2. The molecule has 134 valence electrons. The first-order valence-electron chi connectivity index (χ1n) is 8.24. The van der Waals surface area contributed by atoms with Gasteiger partial charge in [-0.25, -0.2) is 0 Å². The van der Waals surface area contributed by atoms with Crippen LogP contribution in [0.1, 0.15) is 20.8 Å². The average Bonchev–Trinajstić information content (AvgIpc) is 2.67. The number of amides is 2. The minimum Gasteiger partial charge on any atom is -0.385 e. The summed E-state index contributed by atoms with van der Waals surface area (Å²) in [7, 11) is 0. The minimum absolute atomic E-state index is 0.0242. The fraction of sp³-hybridized carbons (Fsp3) is 0.200. The molecule has 0 unspecified atom stereocenters. The Morgan fingerprint density at radius 2 is 1.77 bits per heavy atom. The van der Waals surface area contributed by atoms with E-state index in [1.54, 1.807) is 18.2 Å². The quantitative estimate of drug-likeness (QED) is 0.615. The van der Waals surface area contributed by atoms with Crippen molar-refractivity contribution in [2.24, 2.45) is 0 Å². The van der Waals surface area contributed by atoms with Crippen LogP contribution < -0.4 is 15.5 Å². The molecule has 1 aliphatic rings. The summed E-state index contributed by atoms with van der Waals surface area (Å²) in [6.07, 6.45) is 1.47. The second kappa shape index (κ2) is 6.84. The molecule has 1 aliphatic heterocycles. The van der Waals surface area contributed by atoms with Crippen molar-refractivity contribution >= 4 is 40.5 Å². The van der Waals surface area contributed by atoms with Gasteiger partial charge in [0, 0.05) is 22.4 Å². The molecular formula is C20H20ClN3O2. The average molecular weight is 370 g/mol. The first kappa shape index (κ1) is 18.0. The lowest BCUT2D eigenvalue weighted by Crippen LogP contribution is -2.35. The second-order valence-electron chi connectivity index (χ2n) is 7.04. The van der Waals surface area contributed by atoms with E-state index in [0.717, 1.165) is 0 Å². The van der Waals surface area contributed by atoms with Gasteiger partial charge in [0.2, 0.25) is 0 Å². The molecule has 2 aromatic carbocycles. The number of benzene rings is 2. The van der Waals surface area contributed by atoms with E-state index in [4.69, 9.17) is 11.6 Å². The zero-order valence-electron chi connectivity index (χ0n) is 14.8. The zero-order valence-corrected chi connectivity index (χ0v) is 15.6. The van der Waals surface area contributed by atoms with Gasteiger partial charge >= 0.3 is 0 Å². The maximum absolute atomic E-state index is 13.3. The molecule has 3 rings (SSSR count). The largest absolute Gasteiger partial charge is 0.385 e. The van der Waals surface area contributed by atoms with Crippen LogP contribution in [0.3, 0.4) is 0 Å². The summed E-state index contributed by atoms with van der Waals surface area (Å²) in [6.45, 7) is 5.85. The van der Waals surface area contributed by atoms with E-state index in [-0.39, 0.29) is 11.1 Å². The highest BCUT2D eigenvalue weighted by Crippen LogP contribution is 2.37. The number of carbonyl (C=O) groups excluding carboxylic acids is 2. The number of halogens is 1. The molecule has 0 radical (unpaired) electrons. The molecule has 0 saturated heterocycles. The molecule has 0 bridgehead atoms. The van der Waals surface area contributed by atoms with Crippen LogP contribution in [0.5, 0.6) is 0 Å². The van der Waals surface area contributed by atoms with Gasteiger partial charge in [-0.15, -0.1) is 0 Å². The zero-order chi connectivity index (χ0) is 18.9. The van der Waals surface area contributed by atoms with Crippen LogP contribution in [0.15, 0.2) is 60.3 Å². The summed E-state index contributed by atoms with van der Waals surface area (Å²) in [6, 6.07) is 14.2. The molecule has 6 heteroatoms. The van der Waals surface area contributed by atoms with Crippen LogP contribution in [-0.2, 0) is 9.59 Å². The van der Waals surface area contributed by atoms with Gasteiger partial charge in [0.1, 0.15) is 5.57 Å². The molecule has 0 spiro atoms. The first-order valence-corrected chi connectivity index (χ1v) is 8.62. The van der Waals surface area contributed by atoms with Crippen molar-refractivity contribution in [2.75, 3.05) is 10.2 Å². The highest BCUT2D eigenvalue weighted by atomic mass is 35.5. The number of carbonyl (C=O) groups is 2. The number of nitrogens with one attached hydrogen (secondary N) is 2. The van der Waals surface area contributed by atoms with E-state index in [0.29, 0.717) is 22.1 Å². The maximum Gasteiger partial charge on any atom is 0.269 e. The lowest BCUT2D eigenvalue weighted by molar-refractivity contribution is -0.119. The predicted octanol–water partition coefficient (Wildman–Crippen LogP) is 4.23. The third-order valence-corrected chi connectivity index (χ3v) is 4.03. The fourth-order valence-electron chi connectivity index (χ4n) is 2.56. The Bertz CT molecular complexity index is 886. The lowest BCUT2D eigenvalue weighted by Gasteiger charge is -2.23. The number of rotatable bonds is 2. The Morgan fingerprint density at radius 1 is 1.08 bits per heavy atom. The SMILES string of the molecule is CC(C)(C)NC=C1C(=O)Nc2ccc(Cl)cc2N(c2ccccc2)C1=O. The number of anilines is 3. The molecule has 1 heterocycles. The topological polar surface area (TPSA) is 61.4 Å². The van der Waals surface area contributed by atoms with Crippen molar-refractivity contribution in [3.8, 4) is 0 Å². The minimum atomic E-state index is -0.464. The van der Waals surface area contributed by atoms with Crippen molar-refractivity contribution in [1.29, 1.82) is 0 Å². The third kappa shape index (κ3) is 3.73. The first-order chi connectivity index (χ1) is 12.3. The van der Waals surface area contributed by atoms with Gasteiger partial charge in [0.15, 0.2) is 0 Å². The van der Waals surface area contributed by atoms with Crippen molar-refractivity contribution in [2.45, 2.75) is 26.3 Å². The maximum atomic E-state index is 13.3. The van der Waals surface area contributed by atoms with E-state index in [1.165, 1.54) is 11.1 Å². The number of hydrogen-bond acceptors (Lipinski definition) is 3. The summed E-state index contributed by atoms with van der Waals surface area (Å²) in [5, 5.41) is 6.37. The van der Waals surface area contributed by atoms with Gasteiger partial charge in [-0.2, -0.15) is 0 Å². The van der Waals surface area contributed by atoms with Gasteiger partial charge in [-0.3, -0.25) is 14.5 Å². The summed E-state index contributed by atoms with van der Waals surface area (Å²) >= 11 is 6.15. The fourth-order valence-corrected chi connectivity index (χ4v) is 2.73. The monoisotopic (exact) mass is 369 g/mol. The molecule has 2 N–H and O–H groups in total. The van der Waals surface area contributed by atoms with E-state index in [9.17, 15) is 9.59 Å². The van der Waals surface area contributed by atoms with Gasteiger partial charge in [0.25, 0.3) is 11.8 Å².